The summed E-state index contributed by atoms with van der Waals surface area (Å²) in [5, 5.41) is 0.00491. The number of halogens is 2. The molecule has 1 aromatic heterocycles. The SMILES string of the molecule is O=c1[nH]c2c(F)c(Br)ccc2c(=O)o1. The van der Waals surface area contributed by atoms with Gasteiger partial charge in [-0.3, -0.25) is 4.98 Å². The van der Waals surface area contributed by atoms with Crippen molar-refractivity contribution in [2.75, 3.05) is 0 Å². The average Bonchev–Trinajstić information content (AvgIpc) is 2.12. The van der Waals surface area contributed by atoms with Crippen molar-refractivity contribution >= 4 is 26.8 Å². The third-order valence-electron chi connectivity index (χ3n) is 1.73. The zero-order valence-corrected chi connectivity index (χ0v) is 8.22. The fraction of sp³-hybridized carbons (Fsp3) is 0. The molecule has 6 heteroatoms. The molecule has 2 rings (SSSR count). The molecule has 1 heterocycles. The van der Waals surface area contributed by atoms with Crippen molar-refractivity contribution in [1.29, 1.82) is 0 Å². The normalized spacial score (nSPS) is 10.7. The van der Waals surface area contributed by atoms with Crippen LogP contribution in [0.1, 0.15) is 0 Å². The number of benzene rings is 1. The first kappa shape index (κ1) is 9.14. The molecule has 0 unspecified atom stereocenters. The highest BCUT2D eigenvalue weighted by atomic mass is 79.9. The molecule has 0 saturated carbocycles. The summed E-state index contributed by atoms with van der Waals surface area (Å²) in [6.07, 6.45) is 0. The van der Waals surface area contributed by atoms with Crippen LogP contribution in [0.4, 0.5) is 4.39 Å². The van der Waals surface area contributed by atoms with E-state index in [2.05, 4.69) is 25.3 Å². The smallest absolute Gasteiger partial charge is 0.372 e. The van der Waals surface area contributed by atoms with Crippen molar-refractivity contribution in [3.63, 3.8) is 0 Å². The predicted octanol–water partition coefficient (Wildman–Crippen LogP) is 1.38. The monoisotopic (exact) mass is 259 g/mol. The van der Waals surface area contributed by atoms with E-state index < -0.39 is 17.2 Å². The maximum absolute atomic E-state index is 13.4. The van der Waals surface area contributed by atoms with E-state index in [9.17, 15) is 14.0 Å². The van der Waals surface area contributed by atoms with E-state index >= 15 is 0 Å². The van der Waals surface area contributed by atoms with Gasteiger partial charge in [0.15, 0.2) is 5.82 Å². The van der Waals surface area contributed by atoms with Gasteiger partial charge in [0, 0.05) is 0 Å². The molecule has 0 bridgehead atoms. The molecule has 0 radical (unpaired) electrons. The summed E-state index contributed by atoms with van der Waals surface area (Å²) in [6, 6.07) is 2.73. The van der Waals surface area contributed by atoms with E-state index in [1.165, 1.54) is 12.1 Å². The lowest BCUT2D eigenvalue weighted by atomic mass is 10.2. The van der Waals surface area contributed by atoms with Gasteiger partial charge in [0.25, 0.3) is 0 Å². The minimum absolute atomic E-state index is 0.00491. The van der Waals surface area contributed by atoms with Gasteiger partial charge < -0.3 is 4.42 Å². The molecule has 1 N–H and O–H groups in total. The highest BCUT2D eigenvalue weighted by Gasteiger charge is 2.09. The Hall–Kier alpha value is -1.43. The van der Waals surface area contributed by atoms with Crippen LogP contribution in [0.25, 0.3) is 10.9 Å². The molecule has 0 aliphatic heterocycles. The van der Waals surface area contributed by atoms with Crippen LogP contribution in [0.2, 0.25) is 0 Å². The van der Waals surface area contributed by atoms with Gasteiger partial charge in [0.1, 0.15) is 0 Å². The summed E-state index contributed by atoms with van der Waals surface area (Å²) in [7, 11) is 0. The van der Waals surface area contributed by atoms with E-state index in [0.717, 1.165) is 0 Å². The first-order valence-electron chi connectivity index (χ1n) is 3.61. The summed E-state index contributed by atoms with van der Waals surface area (Å²) < 4.78 is 17.8. The molecule has 0 aliphatic carbocycles. The van der Waals surface area contributed by atoms with Crippen LogP contribution in [0, 0.1) is 5.82 Å². The first-order chi connectivity index (χ1) is 6.59. The summed E-state index contributed by atoms with van der Waals surface area (Å²) >= 11 is 2.94. The van der Waals surface area contributed by atoms with E-state index in [4.69, 9.17) is 0 Å². The third-order valence-corrected chi connectivity index (χ3v) is 2.34. The van der Waals surface area contributed by atoms with Gasteiger partial charge in [-0.15, -0.1) is 0 Å². The van der Waals surface area contributed by atoms with Crippen LogP contribution in [0.15, 0.2) is 30.6 Å². The van der Waals surface area contributed by atoms with Crippen molar-refractivity contribution in [2.24, 2.45) is 0 Å². The van der Waals surface area contributed by atoms with E-state index in [1.54, 1.807) is 0 Å². The molecule has 14 heavy (non-hydrogen) atoms. The fourth-order valence-corrected chi connectivity index (χ4v) is 1.44. The number of hydrogen-bond acceptors (Lipinski definition) is 3. The number of H-pyrrole nitrogens is 1. The van der Waals surface area contributed by atoms with Crippen molar-refractivity contribution in [2.45, 2.75) is 0 Å². The minimum Gasteiger partial charge on any atom is -0.372 e. The first-order valence-corrected chi connectivity index (χ1v) is 4.40. The molecule has 0 aliphatic rings. The minimum atomic E-state index is -0.973. The van der Waals surface area contributed by atoms with Crippen molar-refractivity contribution < 1.29 is 8.81 Å². The summed E-state index contributed by atoms with van der Waals surface area (Å²) in [6.45, 7) is 0. The predicted molar refractivity (Wildman–Crippen MR) is 50.8 cm³/mol. The molecule has 0 atom stereocenters. The summed E-state index contributed by atoms with van der Waals surface area (Å²) in [5.74, 6) is -1.66. The quantitative estimate of drug-likeness (QED) is 0.778. The molecule has 4 nitrogen and oxygen atoms in total. The Morgan fingerprint density at radius 2 is 2.07 bits per heavy atom. The molecule has 1 aromatic carbocycles. The molecule has 72 valence electrons. The fourth-order valence-electron chi connectivity index (χ4n) is 1.11. The topological polar surface area (TPSA) is 63.1 Å². The van der Waals surface area contributed by atoms with Gasteiger partial charge in [-0.2, -0.15) is 0 Å². The van der Waals surface area contributed by atoms with Gasteiger partial charge in [-0.25, -0.2) is 14.0 Å². The summed E-state index contributed by atoms with van der Waals surface area (Å²) in [5.41, 5.74) is -1.00. The van der Waals surface area contributed by atoms with E-state index in [1.807, 2.05) is 0 Å². The Balaban J connectivity index is 3.10. The van der Waals surface area contributed by atoms with Crippen molar-refractivity contribution in [1.82, 2.24) is 4.98 Å². The van der Waals surface area contributed by atoms with Gasteiger partial charge in [0.2, 0.25) is 0 Å². The molecule has 0 fully saturated rings. The second-order valence-electron chi connectivity index (χ2n) is 2.59. The highest BCUT2D eigenvalue weighted by molar-refractivity contribution is 9.10. The van der Waals surface area contributed by atoms with Gasteiger partial charge >= 0.3 is 11.4 Å². The lowest BCUT2D eigenvalue weighted by Gasteiger charge is -1.98. The maximum Gasteiger partial charge on any atom is 0.419 e. The van der Waals surface area contributed by atoms with E-state index in [-0.39, 0.29) is 15.4 Å². The van der Waals surface area contributed by atoms with Crippen LogP contribution in [0.3, 0.4) is 0 Å². The second-order valence-corrected chi connectivity index (χ2v) is 3.44. The Kier molecular flexibility index (Phi) is 1.99. The number of aromatic amines is 1. The number of rotatable bonds is 0. The van der Waals surface area contributed by atoms with Crippen LogP contribution >= 0.6 is 15.9 Å². The van der Waals surface area contributed by atoms with Gasteiger partial charge in [-0.05, 0) is 28.1 Å². The largest absolute Gasteiger partial charge is 0.419 e. The van der Waals surface area contributed by atoms with Crippen LogP contribution < -0.4 is 11.4 Å². The average molecular weight is 260 g/mol. The van der Waals surface area contributed by atoms with Crippen molar-refractivity contribution in [3.05, 3.63) is 43.4 Å². The number of nitrogens with one attached hydrogen (secondary N) is 1. The zero-order valence-electron chi connectivity index (χ0n) is 6.64. The lowest BCUT2D eigenvalue weighted by Crippen LogP contribution is -2.15. The Morgan fingerprint density at radius 3 is 2.79 bits per heavy atom. The number of hydrogen-bond donors (Lipinski definition) is 1. The Labute approximate surface area is 84.5 Å². The Morgan fingerprint density at radius 1 is 1.36 bits per heavy atom. The van der Waals surface area contributed by atoms with Crippen LogP contribution in [-0.4, -0.2) is 4.98 Å². The highest BCUT2D eigenvalue weighted by Crippen LogP contribution is 2.20. The van der Waals surface area contributed by atoms with Crippen LogP contribution in [-0.2, 0) is 0 Å². The molecule has 0 spiro atoms. The van der Waals surface area contributed by atoms with Crippen LogP contribution in [0.5, 0.6) is 0 Å². The van der Waals surface area contributed by atoms with Crippen molar-refractivity contribution in [3.8, 4) is 0 Å². The Bertz CT molecular complexity index is 616. The molecule has 0 amide bonds. The van der Waals surface area contributed by atoms with Gasteiger partial charge in [0.05, 0.1) is 15.4 Å². The summed E-state index contributed by atoms with van der Waals surface area (Å²) in [4.78, 5) is 24.0. The number of fused-ring (bicyclic) bond motifs is 1. The molecule has 2 aromatic rings. The standard InChI is InChI=1S/C8H3BrFNO3/c9-4-2-1-3-6(5(4)10)11-8(13)14-7(3)12/h1-2H,(H,11,13). The molecular weight excluding hydrogens is 257 g/mol. The van der Waals surface area contributed by atoms with E-state index in [0.29, 0.717) is 0 Å². The van der Waals surface area contributed by atoms with Gasteiger partial charge in [-0.1, -0.05) is 0 Å². The second kappa shape index (κ2) is 3.06. The molecular formula is C8H3BrFNO3. The molecule has 0 saturated heterocycles. The zero-order chi connectivity index (χ0) is 10.3. The number of aromatic nitrogens is 1. The lowest BCUT2D eigenvalue weighted by molar-refractivity contribution is 0.458. The maximum atomic E-state index is 13.4. The third kappa shape index (κ3) is 1.27.